The molecule has 0 radical (unpaired) electrons. The average Bonchev–Trinajstić information content (AvgIpc) is 4.18. The van der Waals surface area contributed by atoms with E-state index in [4.69, 9.17) is 38.5 Å². The van der Waals surface area contributed by atoms with Gasteiger partial charge in [-0.15, -0.1) is 10.2 Å². The molecule has 77 heavy (non-hydrogen) atoms. The van der Waals surface area contributed by atoms with E-state index in [2.05, 4.69) is 25.3 Å². The molecule has 2 N–H and O–H groups in total. The van der Waals surface area contributed by atoms with E-state index in [1.807, 2.05) is 53.6 Å². The van der Waals surface area contributed by atoms with Crippen LogP contribution in [0.3, 0.4) is 0 Å². The third-order valence-electron chi connectivity index (χ3n) is 12.5. The first-order valence-corrected chi connectivity index (χ1v) is 28.5. The van der Waals surface area contributed by atoms with Crippen LogP contribution in [-0.4, -0.2) is 99.2 Å². The molecule has 2 aliphatic rings. The van der Waals surface area contributed by atoms with Gasteiger partial charge in [-0.2, -0.15) is 5.10 Å². The first-order chi connectivity index (χ1) is 36.6. The van der Waals surface area contributed by atoms with Gasteiger partial charge in [-0.1, -0.05) is 59.6 Å². The normalized spacial score (nSPS) is 12.8. The number of hydrogen-bond donors (Lipinski definition) is 1. The van der Waals surface area contributed by atoms with Crippen LogP contribution in [0.1, 0.15) is 58.6 Å². The van der Waals surface area contributed by atoms with Gasteiger partial charge < -0.3 is 33.6 Å². The molecule has 0 bridgehead atoms. The number of hydrogen-bond acceptors (Lipinski definition) is 13. The molecule has 0 amide bonds. The smallest absolute Gasteiger partial charge is 0.260 e. The van der Waals surface area contributed by atoms with Gasteiger partial charge in [0.05, 0.1) is 88.8 Å². The number of benzene rings is 4. The number of halogens is 4. The Morgan fingerprint density at radius 3 is 1.65 bits per heavy atom. The summed E-state index contributed by atoms with van der Waals surface area (Å²) in [5, 5.41) is 13.5. The molecule has 400 valence electrons. The minimum atomic E-state index is -3.36. The standard InChI is InChI=1S/C27H27ClFN5O4S.C27H25ClFN5O3S/c1-17-14-33(16-31-17)24-9-6-19(12-25(24)38-2)26(32-30)22-13-20(28)15-34(27(22)35)23(10-11-39(3,36)37)18-4-7-21(29)8-5-18;1-17-14-33(16-30-17)24-9-6-19(12-25(24)37-2)26-22-13-20(28)15-34(27(22)32-31-26)23(10-11-38(3,35)36)18-4-7-21(29)8-5-18/h4-9,12-16,23H,10-11,30H2,1-3H3;4-9,12-16,23H,10-11H2,1-3H3/b32-26+;. The summed E-state index contributed by atoms with van der Waals surface area (Å²) in [6.07, 6.45) is 12.9. The van der Waals surface area contributed by atoms with Crippen molar-refractivity contribution in [3.05, 3.63) is 200 Å². The van der Waals surface area contributed by atoms with Gasteiger partial charge in [0.15, 0.2) is 5.82 Å². The van der Waals surface area contributed by atoms with Crippen molar-refractivity contribution in [2.45, 2.75) is 38.8 Å². The van der Waals surface area contributed by atoms with Crippen molar-refractivity contribution >= 4 is 48.6 Å². The first-order valence-electron chi connectivity index (χ1n) is 23.6. The first kappa shape index (κ1) is 55.5. The molecule has 9 rings (SSSR count). The molecule has 3 aromatic heterocycles. The lowest BCUT2D eigenvalue weighted by Gasteiger charge is -2.24. The number of fused-ring (bicyclic) bond motifs is 1. The highest BCUT2D eigenvalue weighted by molar-refractivity contribution is 7.90. The highest BCUT2D eigenvalue weighted by atomic mass is 35.5. The number of sulfone groups is 2. The third kappa shape index (κ3) is 13.1. The second kappa shape index (κ2) is 23.3. The number of aromatic nitrogens is 8. The van der Waals surface area contributed by atoms with Crippen molar-refractivity contribution in [1.29, 1.82) is 0 Å². The van der Waals surface area contributed by atoms with Crippen molar-refractivity contribution in [3.8, 4) is 45.5 Å². The van der Waals surface area contributed by atoms with Gasteiger partial charge in [-0.05, 0) is 98.5 Å². The van der Waals surface area contributed by atoms with Crippen molar-refractivity contribution in [1.82, 2.24) is 38.4 Å². The fraction of sp³-hybridized carbons (Fsp3) is 0.222. The Bertz CT molecular complexity index is 3880. The molecule has 7 aromatic rings. The summed E-state index contributed by atoms with van der Waals surface area (Å²) in [4.78, 5) is 22.4. The molecule has 2 atom stereocenters. The lowest BCUT2D eigenvalue weighted by Crippen LogP contribution is -2.31. The maximum atomic E-state index is 13.8. The van der Waals surface area contributed by atoms with Gasteiger partial charge in [0, 0.05) is 54.0 Å². The van der Waals surface area contributed by atoms with E-state index in [1.165, 1.54) is 66.6 Å². The summed E-state index contributed by atoms with van der Waals surface area (Å²) >= 11 is 13.0. The van der Waals surface area contributed by atoms with Gasteiger partial charge >= 0.3 is 0 Å². The minimum absolute atomic E-state index is 0.0616. The molecule has 0 aliphatic carbocycles. The molecule has 0 fully saturated rings. The summed E-state index contributed by atoms with van der Waals surface area (Å²) < 4.78 is 93.4. The predicted molar refractivity (Wildman–Crippen MR) is 294 cm³/mol. The third-order valence-corrected chi connectivity index (χ3v) is 14.9. The quantitative estimate of drug-likeness (QED) is 0.0513. The van der Waals surface area contributed by atoms with Crippen LogP contribution in [0.4, 0.5) is 8.78 Å². The van der Waals surface area contributed by atoms with Gasteiger partial charge in [0.25, 0.3) is 5.56 Å². The van der Waals surface area contributed by atoms with E-state index in [-0.39, 0.29) is 46.5 Å². The summed E-state index contributed by atoms with van der Waals surface area (Å²) in [7, 11) is -3.50. The highest BCUT2D eigenvalue weighted by Crippen LogP contribution is 2.39. The number of rotatable bonds is 17. The SMILES string of the molecule is COc1cc(-c2nnc3n(C(CCS(C)(=O)=O)c4ccc(F)cc4)cc(Cl)cc2-3)ccc1-n1cnc(C)c1.COc1cc(/C(=N\N)c2cc(Cl)cn(C(CCS(C)(=O)=O)c3ccc(F)cc3)c2=O)ccc1-n1cnc(C)c1. The summed E-state index contributed by atoms with van der Waals surface area (Å²) in [5.74, 6) is 6.33. The van der Waals surface area contributed by atoms with Crippen LogP contribution in [0.15, 0.2) is 144 Å². The molecule has 0 saturated heterocycles. The van der Waals surface area contributed by atoms with Gasteiger partial charge in [0.1, 0.15) is 54.2 Å². The largest absolute Gasteiger partial charge is 0.495 e. The number of pyridine rings is 2. The monoisotopic (exact) mass is 1120 g/mol. The van der Waals surface area contributed by atoms with Crippen LogP contribution in [0.2, 0.25) is 10.0 Å². The summed E-state index contributed by atoms with van der Waals surface area (Å²) in [6, 6.07) is 24.5. The average molecular weight is 1130 g/mol. The Morgan fingerprint density at radius 2 is 1.16 bits per heavy atom. The Kier molecular flexibility index (Phi) is 16.8. The fourth-order valence-electron chi connectivity index (χ4n) is 8.86. The molecule has 0 spiro atoms. The number of nitrogens with zero attached hydrogens (tertiary/aromatic N) is 9. The number of ether oxygens (including phenoxy) is 2. The molecule has 2 aliphatic heterocycles. The van der Waals surface area contributed by atoms with Crippen LogP contribution in [0.25, 0.3) is 34.0 Å². The topological polar surface area (TPSA) is 213 Å². The van der Waals surface area contributed by atoms with E-state index in [1.54, 1.807) is 66.9 Å². The molecule has 5 heterocycles. The zero-order chi connectivity index (χ0) is 55.3. The minimum Gasteiger partial charge on any atom is -0.495 e. The number of methoxy groups -OCH3 is 2. The Balaban J connectivity index is 0.000000204. The van der Waals surface area contributed by atoms with Crippen molar-refractivity contribution in [2.75, 3.05) is 38.2 Å². The predicted octanol–water partition coefficient (Wildman–Crippen LogP) is 9.25. The molecular formula is C54H52Cl2F2N10O7S2. The Labute approximate surface area is 453 Å². The molecule has 23 heteroatoms. The van der Waals surface area contributed by atoms with E-state index in [0.29, 0.717) is 44.7 Å². The van der Waals surface area contributed by atoms with Crippen LogP contribution in [-0.2, 0) is 19.7 Å². The second-order valence-electron chi connectivity index (χ2n) is 18.2. The Hall–Kier alpha value is -7.72. The zero-order valence-corrected chi connectivity index (χ0v) is 45.6. The highest BCUT2D eigenvalue weighted by Gasteiger charge is 2.27. The second-order valence-corrected chi connectivity index (χ2v) is 23.6. The number of nitrogens with two attached hydrogens (primary N) is 1. The van der Waals surface area contributed by atoms with Crippen LogP contribution in [0.5, 0.6) is 11.5 Å². The van der Waals surface area contributed by atoms with Crippen molar-refractivity contribution in [3.63, 3.8) is 0 Å². The molecule has 2 unspecified atom stereocenters. The molecule has 0 saturated carbocycles. The number of hydrazone groups is 1. The maximum Gasteiger partial charge on any atom is 0.260 e. The van der Waals surface area contributed by atoms with Gasteiger partial charge in [-0.3, -0.25) is 4.79 Å². The van der Waals surface area contributed by atoms with E-state index < -0.39 is 43.1 Å². The van der Waals surface area contributed by atoms with E-state index in [0.717, 1.165) is 40.1 Å². The lowest BCUT2D eigenvalue weighted by molar-refractivity contribution is 0.412. The van der Waals surface area contributed by atoms with Gasteiger partial charge in [-0.25, -0.2) is 35.6 Å². The Morgan fingerprint density at radius 1 is 0.662 bits per heavy atom. The van der Waals surface area contributed by atoms with Crippen LogP contribution >= 0.6 is 23.2 Å². The van der Waals surface area contributed by atoms with E-state index in [9.17, 15) is 30.4 Å². The lowest BCUT2D eigenvalue weighted by atomic mass is 10.0. The zero-order valence-electron chi connectivity index (χ0n) is 42.5. The molecular weight excluding hydrogens is 1070 g/mol. The molecule has 17 nitrogen and oxygen atoms in total. The van der Waals surface area contributed by atoms with E-state index >= 15 is 0 Å². The molecule has 4 aromatic carbocycles. The van der Waals surface area contributed by atoms with Crippen molar-refractivity contribution < 1.29 is 35.1 Å². The fourth-order valence-corrected chi connectivity index (χ4v) is 10.6. The number of aryl methyl sites for hydroxylation is 2. The summed E-state index contributed by atoms with van der Waals surface area (Å²) in [6.45, 7) is 3.78. The van der Waals surface area contributed by atoms with Crippen molar-refractivity contribution in [2.24, 2.45) is 10.9 Å². The van der Waals surface area contributed by atoms with Gasteiger partial charge in [0.2, 0.25) is 0 Å². The maximum absolute atomic E-state index is 13.8. The van der Waals surface area contributed by atoms with Crippen LogP contribution < -0.4 is 20.9 Å². The number of imidazole rings is 2. The summed E-state index contributed by atoms with van der Waals surface area (Å²) in [5.41, 5.74) is 6.85. The van der Waals surface area contributed by atoms with Crippen LogP contribution in [0, 0.1) is 25.5 Å².